The first-order valence-corrected chi connectivity index (χ1v) is 12.5. The zero-order valence-corrected chi connectivity index (χ0v) is 20.8. The molecule has 0 spiro atoms. The quantitative estimate of drug-likeness (QED) is 0.280. The zero-order valence-electron chi connectivity index (χ0n) is 20.8. The summed E-state index contributed by atoms with van der Waals surface area (Å²) in [5.74, 6) is -5.77. The molecule has 2 unspecified atom stereocenters. The van der Waals surface area contributed by atoms with Gasteiger partial charge in [-0.25, -0.2) is 17.6 Å². The van der Waals surface area contributed by atoms with E-state index in [4.69, 9.17) is 9.47 Å². The van der Waals surface area contributed by atoms with Crippen molar-refractivity contribution in [3.05, 3.63) is 94.3 Å². The largest absolute Gasteiger partial charge is 0.491 e. The van der Waals surface area contributed by atoms with Crippen molar-refractivity contribution >= 4 is 6.08 Å². The molecule has 0 bridgehead atoms. The number of ether oxygens (including phenoxy) is 2. The molecular weight excluding hydrogens is 487 g/mol. The second-order valence-electron chi connectivity index (χ2n) is 9.13. The Bertz CT molecular complexity index is 1280. The van der Waals surface area contributed by atoms with Crippen molar-refractivity contribution in [3.8, 4) is 16.9 Å². The molecule has 2 nitrogen and oxygen atoms in total. The average molecular weight is 517 g/mol. The second kappa shape index (κ2) is 11.9. The van der Waals surface area contributed by atoms with Crippen molar-refractivity contribution in [3.63, 3.8) is 0 Å². The lowest BCUT2D eigenvalue weighted by atomic mass is 9.88. The standard InChI is InChI=1S/C30H29F5O2/c1-3-5-19-8-6-18(16-25(19)31)7-10-21-11-9-20(17-37-21)22-12-13-23(28(33)27(22)32)24-14-15-26(36-4-2)30(35)29(24)34/h3,5-6,8,12-16,20-21H,4,7,9-11,17H2,1-2H3. The van der Waals surface area contributed by atoms with Crippen LogP contribution in [0.1, 0.15) is 55.7 Å². The van der Waals surface area contributed by atoms with Crippen LogP contribution in [0.15, 0.2) is 48.5 Å². The molecule has 37 heavy (non-hydrogen) atoms. The van der Waals surface area contributed by atoms with Crippen molar-refractivity contribution < 1.29 is 31.4 Å². The van der Waals surface area contributed by atoms with Crippen LogP contribution in [0.2, 0.25) is 0 Å². The number of allylic oxidation sites excluding steroid dienone is 1. The van der Waals surface area contributed by atoms with Gasteiger partial charge in [0, 0.05) is 22.6 Å². The van der Waals surface area contributed by atoms with Crippen molar-refractivity contribution in [2.24, 2.45) is 0 Å². The fourth-order valence-corrected chi connectivity index (χ4v) is 4.74. The van der Waals surface area contributed by atoms with Gasteiger partial charge in [-0.1, -0.05) is 36.4 Å². The van der Waals surface area contributed by atoms with Gasteiger partial charge in [0.15, 0.2) is 23.2 Å². The maximum absolute atomic E-state index is 15.0. The van der Waals surface area contributed by atoms with Crippen LogP contribution >= 0.6 is 0 Å². The van der Waals surface area contributed by atoms with E-state index in [1.807, 2.05) is 13.0 Å². The van der Waals surface area contributed by atoms with Crippen LogP contribution in [0.5, 0.6) is 5.75 Å². The molecule has 0 aliphatic carbocycles. The number of hydrogen-bond donors (Lipinski definition) is 0. The van der Waals surface area contributed by atoms with Gasteiger partial charge in [-0.05, 0) is 68.9 Å². The number of halogens is 5. The summed E-state index contributed by atoms with van der Waals surface area (Å²) in [6, 6.07) is 10.2. The molecule has 1 aliphatic heterocycles. The summed E-state index contributed by atoms with van der Waals surface area (Å²) in [7, 11) is 0. The van der Waals surface area contributed by atoms with Gasteiger partial charge in [-0.3, -0.25) is 0 Å². The third kappa shape index (κ3) is 5.87. The van der Waals surface area contributed by atoms with Crippen LogP contribution < -0.4 is 4.74 Å². The molecule has 1 saturated heterocycles. The van der Waals surface area contributed by atoms with E-state index in [9.17, 15) is 17.6 Å². The fraction of sp³-hybridized carbons (Fsp3) is 0.333. The summed E-state index contributed by atoms with van der Waals surface area (Å²) in [5.41, 5.74) is 0.826. The minimum absolute atomic E-state index is 0.0670. The molecule has 7 heteroatoms. The second-order valence-corrected chi connectivity index (χ2v) is 9.13. The Morgan fingerprint density at radius 1 is 0.892 bits per heavy atom. The molecule has 3 aromatic carbocycles. The van der Waals surface area contributed by atoms with E-state index in [0.717, 1.165) is 5.56 Å². The van der Waals surface area contributed by atoms with Crippen molar-refractivity contribution in [1.29, 1.82) is 0 Å². The molecule has 0 radical (unpaired) electrons. The Kier molecular flexibility index (Phi) is 8.64. The Morgan fingerprint density at radius 3 is 2.27 bits per heavy atom. The number of rotatable bonds is 8. The molecule has 1 heterocycles. The summed E-state index contributed by atoms with van der Waals surface area (Å²) in [6.45, 7) is 3.81. The van der Waals surface area contributed by atoms with Gasteiger partial charge < -0.3 is 9.47 Å². The highest BCUT2D eigenvalue weighted by Crippen LogP contribution is 2.37. The summed E-state index contributed by atoms with van der Waals surface area (Å²) in [5, 5.41) is 0. The van der Waals surface area contributed by atoms with E-state index in [0.29, 0.717) is 31.2 Å². The van der Waals surface area contributed by atoms with E-state index < -0.39 is 23.3 Å². The number of benzene rings is 3. The van der Waals surface area contributed by atoms with Gasteiger partial charge in [0.05, 0.1) is 19.3 Å². The highest BCUT2D eigenvalue weighted by Gasteiger charge is 2.28. The van der Waals surface area contributed by atoms with Crippen molar-refractivity contribution in [1.82, 2.24) is 0 Å². The monoisotopic (exact) mass is 516 g/mol. The van der Waals surface area contributed by atoms with Gasteiger partial charge in [-0.15, -0.1) is 0 Å². The third-order valence-corrected chi connectivity index (χ3v) is 6.73. The first kappa shape index (κ1) is 26.9. The lowest BCUT2D eigenvalue weighted by Crippen LogP contribution is -2.26. The Morgan fingerprint density at radius 2 is 1.62 bits per heavy atom. The number of hydrogen-bond acceptors (Lipinski definition) is 2. The molecule has 4 rings (SSSR count). The van der Waals surface area contributed by atoms with Gasteiger partial charge in [-0.2, -0.15) is 4.39 Å². The third-order valence-electron chi connectivity index (χ3n) is 6.73. The van der Waals surface area contributed by atoms with Crippen LogP contribution in [0.4, 0.5) is 22.0 Å². The Balaban J connectivity index is 1.41. The van der Waals surface area contributed by atoms with E-state index in [-0.39, 0.29) is 53.5 Å². The molecule has 0 aromatic heterocycles. The summed E-state index contributed by atoms with van der Waals surface area (Å²) < 4.78 is 83.9. The molecule has 1 aliphatic rings. The van der Waals surface area contributed by atoms with E-state index in [1.54, 1.807) is 25.1 Å². The predicted octanol–water partition coefficient (Wildman–Crippen LogP) is 8.38. The van der Waals surface area contributed by atoms with Gasteiger partial charge in [0.2, 0.25) is 5.82 Å². The maximum atomic E-state index is 15.0. The van der Waals surface area contributed by atoms with Crippen molar-refractivity contribution in [2.75, 3.05) is 13.2 Å². The normalized spacial score (nSPS) is 17.9. The van der Waals surface area contributed by atoms with E-state index >= 15 is 4.39 Å². The van der Waals surface area contributed by atoms with Crippen LogP contribution in [0.3, 0.4) is 0 Å². The molecule has 3 aromatic rings. The van der Waals surface area contributed by atoms with Gasteiger partial charge in [0.25, 0.3) is 0 Å². The Hall–Kier alpha value is -3.19. The smallest absolute Gasteiger partial charge is 0.201 e. The van der Waals surface area contributed by atoms with E-state index in [2.05, 4.69) is 0 Å². The zero-order chi connectivity index (χ0) is 26.5. The highest BCUT2D eigenvalue weighted by molar-refractivity contribution is 5.67. The van der Waals surface area contributed by atoms with Gasteiger partial charge >= 0.3 is 0 Å². The maximum Gasteiger partial charge on any atom is 0.201 e. The van der Waals surface area contributed by atoms with Crippen LogP contribution in [0, 0.1) is 29.1 Å². The molecule has 0 amide bonds. The van der Waals surface area contributed by atoms with Crippen LogP contribution in [-0.4, -0.2) is 19.3 Å². The Labute approximate surface area is 213 Å². The lowest BCUT2D eigenvalue weighted by molar-refractivity contribution is -0.00127. The van der Waals surface area contributed by atoms with Gasteiger partial charge in [0.1, 0.15) is 5.82 Å². The first-order valence-electron chi connectivity index (χ1n) is 12.5. The van der Waals surface area contributed by atoms with Crippen LogP contribution in [-0.2, 0) is 11.2 Å². The topological polar surface area (TPSA) is 18.5 Å². The molecule has 0 saturated carbocycles. The average Bonchev–Trinajstić information content (AvgIpc) is 2.90. The fourth-order valence-electron chi connectivity index (χ4n) is 4.74. The minimum atomic E-state index is -1.29. The summed E-state index contributed by atoms with van der Waals surface area (Å²) >= 11 is 0. The van der Waals surface area contributed by atoms with Crippen LogP contribution in [0.25, 0.3) is 17.2 Å². The molecule has 0 N–H and O–H groups in total. The molecule has 1 fully saturated rings. The van der Waals surface area contributed by atoms with Crippen molar-refractivity contribution in [2.45, 2.75) is 51.6 Å². The molecule has 2 atom stereocenters. The first-order chi connectivity index (χ1) is 17.8. The molecular formula is C30H29F5O2. The summed E-state index contributed by atoms with van der Waals surface area (Å²) in [4.78, 5) is 0. The SMILES string of the molecule is CC=Cc1ccc(CCC2CCC(c3ccc(-c4ccc(OCC)c(F)c4F)c(F)c3F)CO2)cc1F. The highest BCUT2D eigenvalue weighted by atomic mass is 19.2. The predicted molar refractivity (Wildman–Crippen MR) is 134 cm³/mol. The number of aryl methyl sites for hydroxylation is 1. The van der Waals surface area contributed by atoms with E-state index in [1.165, 1.54) is 30.3 Å². The summed E-state index contributed by atoms with van der Waals surface area (Å²) in [6.07, 6.45) is 5.99. The lowest BCUT2D eigenvalue weighted by Gasteiger charge is -2.30. The minimum Gasteiger partial charge on any atom is -0.491 e. The molecule has 196 valence electrons.